The molecule has 1 heterocycles. The zero-order valence-electron chi connectivity index (χ0n) is 14.7. The van der Waals surface area contributed by atoms with E-state index < -0.39 is 12.0 Å². The van der Waals surface area contributed by atoms with Gasteiger partial charge in [0, 0.05) is 25.8 Å². The van der Waals surface area contributed by atoms with E-state index in [2.05, 4.69) is 5.32 Å². The number of hydrogen-bond donors (Lipinski definition) is 2. The Morgan fingerprint density at radius 3 is 2.68 bits per heavy atom. The van der Waals surface area contributed by atoms with Gasteiger partial charge in [-0.15, -0.1) is 0 Å². The Morgan fingerprint density at radius 2 is 2.00 bits per heavy atom. The normalized spacial score (nSPS) is 17.5. The summed E-state index contributed by atoms with van der Waals surface area (Å²) in [5.74, 6) is -1.28. The number of anilines is 1. The van der Waals surface area contributed by atoms with Gasteiger partial charge in [0.25, 0.3) is 5.91 Å². The standard InChI is InChI=1S/C18H25N3O4/c1-3-4-9-15-18(25)20(2)10-11-21(15)17(24)13-7-5-6-8-14(13)19-12-16(22)23/h5-8,15,19H,3-4,9-12H2,1-2H3,(H,22,23)/t15-/m1/s1. The molecule has 1 fully saturated rings. The summed E-state index contributed by atoms with van der Waals surface area (Å²) >= 11 is 0. The van der Waals surface area contributed by atoms with Crippen molar-refractivity contribution in [3.63, 3.8) is 0 Å². The number of unbranched alkanes of at least 4 members (excludes halogenated alkanes) is 1. The van der Waals surface area contributed by atoms with Crippen LogP contribution in [0.15, 0.2) is 24.3 Å². The van der Waals surface area contributed by atoms with Crippen LogP contribution in [0.25, 0.3) is 0 Å². The molecule has 0 aromatic heterocycles. The summed E-state index contributed by atoms with van der Waals surface area (Å²) < 4.78 is 0. The van der Waals surface area contributed by atoms with Gasteiger partial charge in [-0.2, -0.15) is 0 Å². The first-order valence-corrected chi connectivity index (χ1v) is 8.56. The smallest absolute Gasteiger partial charge is 0.322 e. The minimum atomic E-state index is -1.00. The van der Waals surface area contributed by atoms with Crippen LogP contribution in [0.5, 0.6) is 0 Å². The third kappa shape index (κ3) is 4.49. The Balaban J connectivity index is 2.25. The molecule has 136 valence electrons. The van der Waals surface area contributed by atoms with Gasteiger partial charge < -0.3 is 20.2 Å². The first-order valence-electron chi connectivity index (χ1n) is 8.56. The highest BCUT2D eigenvalue weighted by Crippen LogP contribution is 2.23. The number of benzene rings is 1. The van der Waals surface area contributed by atoms with Gasteiger partial charge in [0.15, 0.2) is 0 Å². The number of carboxylic acids is 1. The van der Waals surface area contributed by atoms with Gasteiger partial charge in [-0.25, -0.2) is 0 Å². The fourth-order valence-corrected chi connectivity index (χ4v) is 2.98. The number of likely N-dealkylation sites (N-methyl/N-ethyl adjacent to an activating group) is 1. The molecule has 7 nitrogen and oxygen atoms in total. The van der Waals surface area contributed by atoms with Crippen LogP contribution in [0.3, 0.4) is 0 Å². The quantitative estimate of drug-likeness (QED) is 0.783. The maximum Gasteiger partial charge on any atom is 0.322 e. The summed E-state index contributed by atoms with van der Waals surface area (Å²) in [7, 11) is 1.76. The van der Waals surface area contributed by atoms with Crippen molar-refractivity contribution in [1.29, 1.82) is 0 Å². The van der Waals surface area contributed by atoms with E-state index in [1.807, 2.05) is 6.92 Å². The van der Waals surface area contributed by atoms with Crippen LogP contribution in [-0.4, -0.2) is 65.4 Å². The number of hydrogen-bond acceptors (Lipinski definition) is 4. The largest absolute Gasteiger partial charge is 0.480 e. The molecule has 1 saturated heterocycles. The Kier molecular flexibility index (Phi) is 6.38. The highest BCUT2D eigenvalue weighted by Gasteiger charge is 2.36. The van der Waals surface area contributed by atoms with Gasteiger partial charge in [0.1, 0.15) is 12.6 Å². The number of carbonyl (C=O) groups is 3. The number of carboxylic acid groups (broad SMARTS) is 1. The number of piperazine rings is 1. The Labute approximate surface area is 147 Å². The summed E-state index contributed by atoms with van der Waals surface area (Å²) in [6, 6.07) is 6.35. The van der Waals surface area contributed by atoms with Gasteiger partial charge in [-0.1, -0.05) is 31.9 Å². The molecule has 1 aromatic rings. The van der Waals surface area contributed by atoms with Gasteiger partial charge >= 0.3 is 5.97 Å². The number of amides is 2. The van der Waals surface area contributed by atoms with Crippen molar-refractivity contribution in [3.05, 3.63) is 29.8 Å². The zero-order chi connectivity index (χ0) is 18.4. The number of para-hydroxylation sites is 1. The fourth-order valence-electron chi connectivity index (χ4n) is 2.98. The summed E-state index contributed by atoms with van der Waals surface area (Å²) in [5, 5.41) is 11.6. The van der Waals surface area contributed by atoms with Crippen LogP contribution in [0.4, 0.5) is 5.69 Å². The molecule has 0 saturated carbocycles. The second-order valence-corrected chi connectivity index (χ2v) is 6.21. The fraction of sp³-hybridized carbons (Fsp3) is 0.500. The van der Waals surface area contributed by atoms with Gasteiger partial charge in [0.2, 0.25) is 5.91 Å². The Morgan fingerprint density at radius 1 is 1.28 bits per heavy atom. The molecule has 0 radical (unpaired) electrons. The van der Waals surface area contributed by atoms with Crippen molar-refractivity contribution in [1.82, 2.24) is 9.80 Å². The van der Waals surface area contributed by atoms with E-state index in [4.69, 9.17) is 5.11 Å². The monoisotopic (exact) mass is 347 g/mol. The molecule has 25 heavy (non-hydrogen) atoms. The maximum absolute atomic E-state index is 13.1. The molecule has 0 aliphatic carbocycles. The lowest BCUT2D eigenvalue weighted by Crippen LogP contribution is -2.57. The van der Waals surface area contributed by atoms with Crippen LogP contribution in [-0.2, 0) is 9.59 Å². The Bertz CT molecular complexity index is 647. The first-order chi connectivity index (χ1) is 12.0. The van der Waals surface area contributed by atoms with Crippen molar-refractivity contribution in [2.75, 3.05) is 32.0 Å². The molecule has 2 rings (SSSR count). The zero-order valence-corrected chi connectivity index (χ0v) is 14.7. The third-order valence-electron chi connectivity index (χ3n) is 4.39. The SMILES string of the molecule is CCCC[C@@H]1C(=O)N(C)CCN1C(=O)c1ccccc1NCC(=O)O. The molecule has 2 amide bonds. The topological polar surface area (TPSA) is 90.0 Å². The van der Waals surface area contributed by atoms with Crippen LogP contribution in [0.2, 0.25) is 0 Å². The van der Waals surface area contributed by atoms with Gasteiger partial charge in [-0.05, 0) is 18.6 Å². The van der Waals surface area contributed by atoms with Crippen molar-refractivity contribution < 1.29 is 19.5 Å². The average molecular weight is 347 g/mol. The van der Waals surface area contributed by atoms with Gasteiger partial charge in [0.05, 0.1) is 5.56 Å². The van der Waals surface area contributed by atoms with E-state index in [1.165, 1.54) is 0 Å². The van der Waals surface area contributed by atoms with Crippen LogP contribution < -0.4 is 5.32 Å². The number of nitrogens with one attached hydrogen (secondary N) is 1. The number of rotatable bonds is 7. The maximum atomic E-state index is 13.1. The summed E-state index contributed by atoms with van der Waals surface area (Å²) in [4.78, 5) is 39.7. The average Bonchev–Trinajstić information content (AvgIpc) is 2.60. The molecule has 0 bridgehead atoms. The number of aliphatic carboxylic acids is 1. The minimum Gasteiger partial charge on any atom is -0.480 e. The summed E-state index contributed by atoms with van der Waals surface area (Å²) in [6.45, 7) is 2.75. The van der Waals surface area contributed by atoms with Gasteiger partial charge in [-0.3, -0.25) is 14.4 Å². The van der Waals surface area contributed by atoms with Crippen LogP contribution >= 0.6 is 0 Å². The predicted molar refractivity (Wildman–Crippen MR) is 94.6 cm³/mol. The third-order valence-corrected chi connectivity index (χ3v) is 4.39. The van der Waals surface area contributed by atoms with E-state index in [-0.39, 0.29) is 18.4 Å². The molecule has 0 spiro atoms. The molecule has 1 aliphatic rings. The van der Waals surface area contributed by atoms with Crippen molar-refractivity contribution in [3.8, 4) is 0 Å². The van der Waals surface area contributed by atoms with E-state index >= 15 is 0 Å². The molecular weight excluding hydrogens is 322 g/mol. The van der Waals surface area contributed by atoms with E-state index in [0.717, 1.165) is 12.8 Å². The highest BCUT2D eigenvalue weighted by molar-refractivity contribution is 6.02. The second kappa shape index (κ2) is 8.50. The molecule has 2 N–H and O–H groups in total. The lowest BCUT2D eigenvalue weighted by molar-refractivity contribution is -0.139. The van der Waals surface area contributed by atoms with E-state index in [1.54, 1.807) is 41.1 Å². The van der Waals surface area contributed by atoms with E-state index in [0.29, 0.717) is 30.8 Å². The second-order valence-electron chi connectivity index (χ2n) is 6.21. The Hall–Kier alpha value is -2.57. The molecule has 0 unspecified atom stereocenters. The molecular formula is C18H25N3O4. The molecule has 1 aromatic carbocycles. The number of carbonyl (C=O) groups excluding carboxylic acids is 2. The highest BCUT2D eigenvalue weighted by atomic mass is 16.4. The lowest BCUT2D eigenvalue weighted by atomic mass is 10.0. The summed E-state index contributed by atoms with van der Waals surface area (Å²) in [6.07, 6.45) is 2.45. The first kappa shape index (κ1) is 18.8. The van der Waals surface area contributed by atoms with Crippen molar-refractivity contribution in [2.45, 2.75) is 32.2 Å². The molecule has 1 aliphatic heterocycles. The van der Waals surface area contributed by atoms with Crippen molar-refractivity contribution >= 4 is 23.5 Å². The minimum absolute atomic E-state index is 0.0379. The molecule has 7 heteroatoms. The van der Waals surface area contributed by atoms with E-state index in [9.17, 15) is 14.4 Å². The predicted octanol–water partition coefficient (Wildman–Crippen LogP) is 1.66. The molecule has 1 atom stereocenters. The van der Waals surface area contributed by atoms with Crippen LogP contribution in [0, 0.1) is 0 Å². The number of nitrogens with zero attached hydrogens (tertiary/aromatic N) is 2. The van der Waals surface area contributed by atoms with Crippen LogP contribution in [0.1, 0.15) is 36.5 Å². The lowest BCUT2D eigenvalue weighted by Gasteiger charge is -2.39. The summed E-state index contributed by atoms with van der Waals surface area (Å²) in [5.41, 5.74) is 0.859. The van der Waals surface area contributed by atoms with Crippen molar-refractivity contribution in [2.24, 2.45) is 0 Å².